The maximum absolute atomic E-state index is 14.0. The van der Waals surface area contributed by atoms with Crippen LogP contribution < -0.4 is 9.64 Å². The second kappa shape index (κ2) is 8.09. The van der Waals surface area contributed by atoms with Gasteiger partial charge >= 0.3 is 0 Å². The van der Waals surface area contributed by atoms with Crippen molar-refractivity contribution in [1.29, 1.82) is 0 Å². The third-order valence-corrected chi connectivity index (χ3v) is 7.54. The largest absolute Gasteiger partial charge is 0.497 e. The minimum Gasteiger partial charge on any atom is -0.497 e. The Morgan fingerprint density at radius 3 is 2.71 bits per heavy atom. The molecule has 174 valence electrons. The second-order valence-corrected chi connectivity index (χ2v) is 9.33. The summed E-state index contributed by atoms with van der Waals surface area (Å²) in [6, 6.07) is 13.7. The summed E-state index contributed by atoms with van der Waals surface area (Å²) in [5, 5.41) is 0. The lowest BCUT2D eigenvalue weighted by molar-refractivity contribution is -0.142. The Balaban J connectivity index is 1.43. The Kier molecular flexibility index (Phi) is 5.03. The Bertz CT molecular complexity index is 1200. The summed E-state index contributed by atoms with van der Waals surface area (Å²) in [6.07, 6.45) is 5.60. The van der Waals surface area contributed by atoms with E-state index in [0.717, 1.165) is 24.1 Å². The van der Waals surface area contributed by atoms with Crippen LogP contribution in [0, 0.1) is 11.8 Å². The molecule has 5 unspecified atom stereocenters. The zero-order valence-corrected chi connectivity index (χ0v) is 18.9. The summed E-state index contributed by atoms with van der Waals surface area (Å²) >= 11 is 0. The molecule has 0 aliphatic carbocycles. The van der Waals surface area contributed by atoms with Crippen LogP contribution in [0.2, 0.25) is 0 Å². The van der Waals surface area contributed by atoms with E-state index in [0.29, 0.717) is 17.9 Å². The van der Waals surface area contributed by atoms with Crippen LogP contribution in [0.25, 0.3) is 6.08 Å². The molecular formula is C27H26N2O5. The minimum absolute atomic E-state index is 0.127. The second-order valence-electron chi connectivity index (χ2n) is 9.33. The number of likely N-dealkylation sites (tertiary alicyclic amines) is 1. The molecule has 3 fully saturated rings. The molecule has 0 aromatic heterocycles. The van der Waals surface area contributed by atoms with E-state index in [1.807, 2.05) is 41.3 Å². The van der Waals surface area contributed by atoms with Gasteiger partial charge in [-0.3, -0.25) is 19.3 Å². The van der Waals surface area contributed by atoms with Crippen molar-refractivity contribution in [3.8, 4) is 5.75 Å². The zero-order chi connectivity index (χ0) is 23.4. The quantitative estimate of drug-likeness (QED) is 0.507. The first-order chi connectivity index (χ1) is 16.6. The maximum Gasteiger partial charge on any atom is 0.235 e. The van der Waals surface area contributed by atoms with E-state index in [2.05, 4.69) is 0 Å². The number of carbonyl (C=O) groups excluding carboxylic acids is 3. The van der Waals surface area contributed by atoms with Crippen molar-refractivity contribution in [3.05, 3.63) is 65.7 Å². The molecule has 4 aliphatic rings. The molecule has 3 saturated heterocycles. The summed E-state index contributed by atoms with van der Waals surface area (Å²) < 4.78 is 11.0. The number of carbonyl (C=O) groups is 3. The van der Waals surface area contributed by atoms with Crippen LogP contribution in [0.1, 0.15) is 28.8 Å². The predicted molar refractivity (Wildman–Crippen MR) is 126 cm³/mol. The number of methoxy groups -OCH3 is 1. The lowest BCUT2D eigenvalue weighted by Gasteiger charge is -2.36. The van der Waals surface area contributed by atoms with Crippen LogP contribution in [0.5, 0.6) is 5.75 Å². The van der Waals surface area contributed by atoms with E-state index in [1.54, 1.807) is 31.4 Å². The van der Waals surface area contributed by atoms with Gasteiger partial charge < -0.3 is 14.4 Å². The Morgan fingerprint density at radius 2 is 1.91 bits per heavy atom. The number of fused-ring (bicyclic) bond motifs is 5. The summed E-state index contributed by atoms with van der Waals surface area (Å²) in [5.74, 6) is -1.42. The van der Waals surface area contributed by atoms with Crippen molar-refractivity contribution in [3.63, 3.8) is 0 Å². The fraction of sp³-hybridized carbons (Fsp3) is 0.370. The van der Waals surface area contributed by atoms with E-state index in [4.69, 9.17) is 9.47 Å². The van der Waals surface area contributed by atoms with Gasteiger partial charge in [0.25, 0.3) is 0 Å². The number of hydrogen-bond donors (Lipinski definition) is 0. The van der Waals surface area contributed by atoms with Crippen LogP contribution in [-0.4, -0.2) is 60.9 Å². The molecule has 0 radical (unpaired) electrons. The third kappa shape index (κ3) is 3.10. The molecule has 6 rings (SSSR count). The Morgan fingerprint density at radius 1 is 1.09 bits per heavy atom. The minimum atomic E-state index is -0.779. The number of anilines is 1. The zero-order valence-electron chi connectivity index (χ0n) is 18.9. The summed E-state index contributed by atoms with van der Waals surface area (Å²) in [7, 11) is 1.55. The van der Waals surface area contributed by atoms with Gasteiger partial charge in [-0.25, -0.2) is 0 Å². The van der Waals surface area contributed by atoms with E-state index in [-0.39, 0.29) is 36.3 Å². The number of imide groups is 1. The SMILES string of the molecule is COc1cccc(C(=O)C2C3C(=O)N(CC4CCCO4)C(=O)C3C3C=Cc4ccccc4N32)c1. The summed E-state index contributed by atoms with van der Waals surface area (Å²) in [5.41, 5.74) is 2.31. The molecule has 7 nitrogen and oxygen atoms in total. The average Bonchev–Trinajstić information content (AvgIpc) is 3.57. The lowest BCUT2D eigenvalue weighted by Crippen LogP contribution is -2.49. The number of nitrogens with zero attached hydrogens (tertiary/aromatic N) is 2. The third-order valence-electron chi connectivity index (χ3n) is 7.54. The van der Waals surface area contributed by atoms with Gasteiger partial charge in [-0.2, -0.15) is 0 Å². The molecule has 0 N–H and O–H groups in total. The van der Waals surface area contributed by atoms with E-state index >= 15 is 0 Å². The molecule has 2 amide bonds. The number of rotatable bonds is 5. The highest BCUT2D eigenvalue weighted by molar-refractivity contribution is 6.14. The molecule has 4 aliphatic heterocycles. The number of benzene rings is 2. The lowest BCUT2D eigenvalue weighted by atomic mass is 9.86. The van der Waals surface area contributed by atoms with Gasteiger partial charge in [0, 0.05) is 17.9 Å². The number of hydrogen-bond acceptors (Lipinski definition) is 6. The molecule has 2 aromatic rings. The molecule has 5 atom stereocenters. The Labute approximate surface area is 197 Å². The topological polar surface area (TPSA) is 76.1 Å². The monoisotopic (exact) mass is 458 g/mol. The molecule has 4 heterocycles. The molecule has 7 heteroatoms. The van der Waals surface area contributed by atoms with Crippen molar-refractivity contribution in [1.82, 2.24) is 4.90 Å². The van der Waals surface area contributed by atoms with Crippen molar-refractivity contribution < 1.29 is 23.9 Å². The summed E-state index contributed by atoms with van der Waals surface area (Å²) in [4.78, 5) is 44.7. The Hall–Kier alpha value is -3.45. The van der Waals surface area contributed by atoms with E-state index < -0.39 is 17.9 Å². The predicted octanol–water partition coefficient (Wildman–Crippen LogP) is 2.94. The highest BCUT2D eigenvalue weighted by Crippen LogP contribution is 2.49. The van der Waals surface area contributed by atoms with Crippen LogP contribution in [0.3, 0.4) is 0 Å². The van der Waals surface area contributed by atoms with E-state index in [1.165, 1.54) is 4.90 Å². The van der Waals surface area contributed by atoms with Gasteiger partial charge in [0.1, 0.15) is 11.8 Å². The van der Waals surface area contributed by atoms with Gasteiger partial charge in [-0.15, -0.1) is 0 Å². The fourth-order valence-corrected chi connectivity index (χ4v) is 5.99. The maximum atomic E-state index is 14.0. The molecule has 0 saturated carbocycles. The van der Waals surface area contributed by atoms with Gasteiger partial charge in [0.2, 0.25) is 11.8 Å². The van der Waals surface area contributed by atoms with Crippen molar-refractivity contribution in [2.45, 2.75) is 31.0 Å². The van der Waals surface area contributed by atoms with Gasteiger partial charge in [0.15, 0.2) is 5.78 Å². The van der Waals surface area contributed by atoms with Crippen molar-refractivity contribution in [2.75, 3.05) is 25.2 Å². The molecule has 0 spiro atoms. The number of para-hydroxylation sites is 1. The molecule has 2 aromatic carbocycles. The fourth-order valence-electron chi connectivity index (χ4n) is 5.99. The van der Waals surface area contributed by atoms with Crippen molar-refractivity contribution in [2.24, 2.45) is 11.8 Å². The average molecular weight is 459 g/mol. The molecular weight excluding hydrogens is 432 g/mol. The van der Waals surface area contributed by atoms with Crippen LogP contribution in [-0.2, 0) is 14.3 Å². The number of amides is 2. The van der Waals surface area contributed by atoms with Crippen molar-refractivity contribution >= 4 is 29.4 Å². The molecule has 0 bridgehead atoms. The number of ketones is 1. The first-order valence-electron chi connectivity index (χ1n) is 11.8. The standard InChI is InChI=1S/C27H26N2O5/c1-33-18-8-4-7-17(14-18)25(30)24-23-22(21-12-11-16-6-2-3-10-20(16)29(21)24)26(31)28(27(23)32)15-19-9-5-13-34-19/h2-4,6-8,10-12,14,19,21-24H,5,9,13,15H2,1H3. The first kappa shape index (κ1) is 21.1. The van der Waals surface area contributed by atoms with Crippen LogP contribution in [0.15, 0.2) is 54.6 Å². The highest BCUT2D eigenvalue weighted by atomic mass is 16.5. The number of Topliss-reactive ketones (excluding diaryl/α,β-unsaturated/α-hetero) is 1. The first-order valence-corrected chi connectivity index (χ1v) is 11.8. The highest BCUT2D eigenvalue weighted by Gasteiger charge is 2.64. The van der Waals surface area contributed by atoms with Crippen LogP contribution >= 0.6 is 0 Å². The number of ether oxygens (including phenoxy) is 2. The normalized spacial score (nSPS) is 29.3. The van der Waals surface area contributed by atoms with Gasteiger partial charge in [0.05, 0.1) is 37.6 Å². The van der Waals surface area contributed by atoms with E-state index in [9.17, 15) is 14.4 Å². The van der Waals surface area contributed by atoms with Gasteiger partial charge in [-0.1, -0.05) is 42.5 Å². The molecule has 34 heavy (non-hydrogen) atoms. The van der Waals surface area contributed by atoms with Gasteiger partial charge in [-0.05, 0) is 36.6 Å². The smallest absolute Gasteiger partial charge is 0.235 e. The summed E-state index contributed by atoms with van der Waals surface area (Å²) in [6.45, 7) is 0.915. The van der Waals surface area contributed by atoms with Crippen LogP contribution in [0.4, 0.5) is 5.69 Å².